The number of rotatable bonds is 6. The highest BCUT2D eigenvalue weighted by molar-refractivity contribution is 5.96. The van der Waals surface area contributed by atoms with Gasteiger partial charge in [-0.1, -0.05) is 27.2 Å². The Bertz CT molecular complexity index is 600. The lowest BCUT2D eigenvalue weighted by Crippen LogP contribution is -2.39. The zero-order valence-electron chi connectivity index (χ0n) is 14.2. The van der Waals surface area contributed by atoms with E-state index in [2.05, 4.69) is 25.9 Å². The Morgan fingerprint density at radius 1 is 1.35 bits per heavy atom. The lowest BCUT2D eigenvalue weighted by molar-refractivity contribution is -0.121. The van der Waals surface area contributed by atoms with E-state index in [-0.39, 0.29) is 23.8 Å². The van der Waals surface area contributed by atoms with Crippen LogP contribution in [0.5, 0.6) is 0 Å². The molecular weight excluding hydrogens is 294 g/mol. The summed E-state index contributed by atoms with van der Waals surface area (Å²) in [5.74, 6) is 1.06. The van der Waals surface area contributed by atoms with Crippen molar-refractivity contribution in [1.29, 1.82) is 0 Å². The van der Waals surface area contributed by atoms with Gasteiger partial charge in [-0.05, 0) is 12.8 Å². The van der Waals surface area contributed by atoms with Crippen molar-refractivity contribution in [2.45, 2.75) is 52.0 Å². The van der Waals surface area contributed by atoms with Crippen LogP contribution < -0.4 is 16.0 Å². The maximum absolute atomic E-state index is 12.1. The molecular formula is C16H25N5O2. The number of hydrogen-bond acceptors (Lipinski definition) is 5. The van der Waals surface area contributed by atoms with E-state index in [1.807, 2.05) is 20.8 Å². The van der Waals surface area contributed by atoms with Crippen molar-refractivity contribution in [3.63, 3.8) is 0 Å². The van der Waals surface area contributed by atoms with E-state index in [1.165, 1.54) is 0 Å². The summed E-state index contributed by atoms with van der Waals surface area (Å²) in [7, 11) is 1.62. The van der Waals surface area contributed by atoms with Gasteiger partial charge in [0.1, 0.15) is 23.4 Å². The van der Waals surface area contributed by atoms with Crippen molar-refractivity contribution >= 4 is 17.6 Å². The minimum Gasteiger partial charge on any atom is -0.358 e. The first-order valence-corrected chi connectivity index (χ1v) is 8.15. The van der Waals surface area contributed by atoms with Crippen LogP contribution in [-0.2, 0) is 11.2 Å². The molecule has 0 saturated heterocycles. The maximum Gasteiger partial charge on any atom is 0.270 e. The van der Waals surface area contributed by atoms with Crippen LogP contribution in [0.3, 0.4) is 0 Å². The smallest absolute Gasteiger partial charge is 0.270 e. The van der Waals surface area contributed by atoms with Gasteiger partial charge in [0.05, 0.1) is 0 Å². The molecule has 1 atom stereocenters. The predicted octanol–water partition coefficient (Wildman–Crippen LogP) is 1.21. The molecule has 0 radical (unpaired) electrons. The second-order valence-electron chi connectivity index (χ2n) is 6.02. The molecule has 2 rings (SSSR count). The molecule has 1 aromatic heterocycles. The van der Waals surface area contributed by atoms with Gasteiger partial charge in [0.25, 0.3) is 5.91 Å². The van der Waals surface area contributed by atoms with Gasteiger partial charge in [0.2, 0.25) is 5.91 Å². The van der Waals surface area contributed by atoms with Gasteiger partial charge in [0, 0.05) is 25.1 Å². The van der Waals surface area contributed by atoms with Gasteiger partial charge < -0.3 is 16.0 Å². The van der Waals surface area contributed by atoms with Gasteiger partial charge in [-0.3, -0.25) is 9.59 Å². The van der Waals surface area contributed by atoms with Crippen LogP contribution in [0.2, 0.25) is 0 Å². The number of carbonyl (C=O) groups excluding carboxylic acids is 2. The first-order valence-electron chi connectivity index (χ1n) is 8.15. The number of anilines is 1. The monoisotopic (exact) mass is 319 g/mol. The maximum atomic E-state index is 12.1. The Kier molecular flexibility index (Phi) is 5.52. The van der Waals surface area contributed by atoms with Gasteiger partial charge in [0.15, 0.2) is 0 Å². The van der Waals surface area contributed by atoms with E-state index < -0.39 is 0 Å². The minimum absolute atomic E-state index is 0.0782. The zero-order valence-corrected chi connectivity index (χ0v) is 14.2. The molecule has 7 nitrogen and oxygen atoms in total. The van der Waals surface area contributed by atoms with Crippen molar-refractivity contribution in [3.8, 4) is 0 Å². The summed E-state index contributed by atoms with van der Waals surface area (Å²) in [5.41, 5.74) is 1.22. The Hall–Kier alpha value is -2.18. The normalized spacial score (nSPS) is 14.9. The van der Waals surface area contributed by atoms with Crippen LogP contribution in [0.1, 0.15) is 61.4 Å². The molecule has 0 bridgehead atoms. The van der Waals surface area contributed by atoms with Crippen molar-refractivity contribution < 1.29 is 9.59 Å². The zero-order chi connectivity index (χ0) is 17.0. The number of nitrogens with one attached hydrogen (secondary N) is 3. The summed E-state index contributed by atoms with van der Waals surface area (Å²) in [6.45, 7) is 6.55. The number of carbonyl (C=O) groups is 2. The fraction of sp³-hybridized carbons (Fsp3) is 0.625. The highest BCUT2D eigenvalue weighted by Crippen LogP contribution is 2.24. The fourth-order valence-corrected chi connectivity index (χ4v) is 2.58. The molecule has 2 heterocycles. The molecule has 0 saturated carbocycles. The van der Waals surface area contributed by atoms with Crippen LogP contribution >= 0.6 is 0 Å². The standard InChI is InChI=1S/C16H25N5O2/c1-5-6-11(15(22)17-4)19-14-10-7-8-18-16(23)12(10)20-13(21-14)9(2)3/h9,11H,5-8H2,1-4H3,(H,17,22)(H,18,23)(H,19,20,21). The molecule has 0 aromatic carbocycles. The van der Waals surface area contributed by atoms with Crippen molar-refractivity contribution in [2.24, 2.45) is 0 Å². The summed E-state index contributed by atoms with van der Waals surface area (Å²) in [5, 5.41) is 8.71. The van der Waals surface area contributed by atoms with E-state index in [9.17, 15) is 9.59 Å². The number of hydrogen-bond donors (Lipinski definition) is 3. The minimum atomic E-state index is -0.367. The Labute approximate surface area is 136 Å². The number of nitrogens with zero attached hydrogens (tertiary/aromatic N) is 2. The predicted molar refractivity (Wildman–Crippen MR) is 88.5 cm³/mol. The first-order chi connectivity index (χ1) is 11.0. The van der Waals surface area contributed by atoms with Crippen molar-refractivity contribution in [2.75, 3.05) is 18.9 Å². The van der Waals surface area contributed by atoms with Crippen molar-refractivity contribution in [1.82, 2.24) is 20.6 Å². The molecule has 3 N–H and O–H groups in total. The van der Waals surface area contributed by atoms with Crippen LogP contribution in [0, 0.1) is 0 Å². The molecule has 0 fully saturated rings. The molecule has 23 heavy (non-hydrogen) atoms. The highest BCUT2D eigenvalue weighted by Gasteiger charge is 2.26. The molecule has 7 heteroatoms. The third kappa shape index (κ3) is 3.78. The number of fused-ring (bicyclic) bond motifs is 1. The SMILES string of the molecule is CCCC(Nc1nc(C(C)C)nc2c1CCNC2=O)C(=O)NC. The Morgan fingerprint density at radius 3 is 2.70 bits per heavy atom. The van der Waals surface area contributed by atoms with E-state index >= 15 is 0 Å². The molecule has 1 aliphatic rings. The summed E-state index contributed by atoms with van der Waals surface area (Å²) >= 11 is 0. The lowest BCUT2D eigenvalue weighted by atomic mass is 10.0. The number of aromatic nitrogens is 2. The highest BCUT2D eigenvalue weighted by atomic mass is 16.2. The van der Waals surface area contributed by atoms with Crippen molar-refractivity contribution in [3.05, 3.63) is 17.1 Å². The molecule has 0 spiro atoms. The van der Waals surface area contributed by atoms with Crippen LogP contribution in [0.15, 0.2) is 0 Å². The lowest BCUT2D eigenvalue weighted by Gasteiger charge is -2.24. The van der Waals surface area contributed by atoms with E-state index in [0.29, 0.717) is 36.7 Å². The second kappa shape index (κ2) is 7.39. The number of amides is 2. The van der Waals surface area contributed by atoms with Gasteiger partial charge in [-0.25, -0.2) is 9.97 Å². The summed E-state index contributed by atoms with van der Waals surface area (Å²) < 4.78 is 0. The average Bonchev–Trinajstić information content (AvgIpc) is 2.54. The summed E-state index contributed by atoms with van der Waals surface area (Å²) in [6, 6.07) is -0.367. The molecule has 2 amide bonds. The van der Waals surface area contributed by atoms with E-state index in [1.54, 1.807) is 7.05 Å². The third-order valence-corrected chi connectivity index (χ3v) is 3.87. The van der Waals surface area contributed by atoms with E-state index in [0.717, 1.165) is 12.0 Å². The summed E-state index contributed by atoms with van der Waals surface area (Å²) in [4.78, 5) is 33.2. The van der Waals surface area contributed by atoms with Gasteiger partial charge in [-0.2, -0.15) is 0 Å². The third-order valence-electron chi connectivity index (χ3n) is 3.87. The number of likely N-dealkylation sites (N-methyl/N-ethyl adjacent to an activating group) is 1. The second-order valence-corrected chi connectivity index (χ2v) is 6.02. The first kappa shape index (κ1) is 17.2. The quantitative estimate of drug-likeness (QED) is 0.732. The molecule has 1 unspecified atom stereocenters. The largest absolute Gasteiger partial charge is 0.358 e. The molecule has 126 valence electrons. The molecule has 1 aliphatic heterocycles. The molecule has 1 aromatic rings. The van der Waals surface area contributed by atoms with Crippen LogP contribution in [-0.4, -0.2) is 41.4 Å². The summed E-state index contributed by atoms with van der Waals surface area (Å²) in [6.07, 6.45) is 2.23. The van der Waals surface area contributed by atoms with Crippen LogP contribution in [0.25, 0.3) is 0 Å². The fourth-order valence-electron chi connectivity index (χ4n) is 2.58. The van der Waals surface area contributed by atoms with Gasteiger partial charge >= 0.3 is 0 Å². The Balaban J connectivity index is 2.43. The topological polar surface area (TPSA) is 96.0 Å². The van der Waals surface area contributed by atoms with E-state index in [4.69, 9.17) is 0 Å². The average molecular weight is 319 g/mol. The Morgan fingerprint density at radius 2 is 2.09 bits per heavy atom. The van der Waals surface area contributed by atoms with Crippen LogP contribution in [0.4, 0.5) is 5.82 Å². The van der Waals surface area contributed by atoms with Gasteiger partial charge in [-0.15, -0.1) is 0 Å². The molecule has 0 aliphatic carbocycles.